The number of nitrogens with one attached hydrogen (secondary N) is 1. The van der Waals surface area contributed by atoms with Crippen LogP contribution in [0.2, 0.25) is 20.1 Å². The number of halogens is 4. The molecule has 3 aromatic rings. The van der Waals surface area contributed by atoms with Gasteiger partial charge in [-0.05, 0) is 41.5 Å². The lowest BCUT2D eigenvalue weighted by atomic mass is 10.1. The average Bonchev–Trinajstić information content (AvgIpc) is 2.88. The van der Waals surface area contributed by atoms with Gasteiger partial charge in [-0.15, -0.1) is 0 Å². The largest absolute Gasteiger partial charge is 0.495 e. The molecule has 37 heavy (non-hydrogen) atoms. The van der Waals surface area contributed by atoms with E-state index in [0.29, 0.717) is 37.9 Å². The third kappa shape index (κ3) is 6.94. The zero-order chi connectivity index (χ0) is 27.1. The van der Waals surface area contributed by atoms with Crippen LogP contribution in [0.1, 0.15) is 11.1 Å². The lowest BCUT2D eigenvalue weighted by molar-refractivity contribution is -0.112. The van der Waals surface area contributed by atoms with Gasteiger partial charge in [0.15, 0.2) is 11.5 Å². The van der Waals surface area contributed by atoms with Gasteiger partial charge in [0.1, 0.15) is 29.7 Å². The molecule has 7 nitrogen and oxygen atoms in total. The van der Waals surface area contributed by atoms with Gasteiger partial charge in [0, 0.05) is 12.1 Å². The summed E-state index contributed by atoms with van der Waals surface area (Å²) in [7, 11) is 4.31. The van der Waals surface area contributed by atoms with Crippen LogP contribution >= 0.6 is 46.4 Å². The van der Waals surface area contributed by atoms with Crippen LogP contribution in [0.5, 0.6) is 23.0 Å². The number of nitrogens with zero attached hydrogens (tertiary/aromatic N) is 1. The third-order valence-electron chi connectivity index (χ3n) is 5.02. The van der Waals surface area contributed by atoms with Crippen LogP contribution in [0.4, 0.5) is 5.69 Å². The highest BCUT2D eigenvalue weighted by Crippen LogP contribution is 2.38. The molecule has 1 N–H and O–H groups in total. The van der Waals surface area contributed by atoms with Gasteiger partial charge >= 0.3 is 0 Å². The van der Waals surface area contributed by atoms with Crippen molar-refractivity contribution in [3.05, 3.63) is 79.3 Å². The molecule has 0 radical (unpaired) electrons. The molecular formula is C26H20Cl4N2O5. The summed E-state index contributed by atoms with van der Waals surface area (Å²) < 4.78 is 21.7. The third-order valence-corrected chi connectivity index (χ3v) is 6.33. The number of anilines is 1. The van der Waals surface area contributed by atoms with E-state index in [9.17, 15) is 10.1 Å². The fourth-order valence-corrected chi connectivity index (χ4v) is 4.04. The molecule has 0 saturated carbocycles. The Labute approximate surface area is 234 Å². The van der Waals surface area contributed by atoms with E-state index in [1.165, 1.54) is 39.5 Å². The van der Waals surface area contributed by atoms with Crippen molar-refractivity contribution in [1.29, 1.82) is 5.26 Å². The van der Waals surface area contributed by atoms with Crippen LogP contribution in [-0.2, 0) is 11.4 Å². The average molecular weight is 582 g/mol. The van der Waals surface area contributed by atoms with Gasteiger partial charge in [0.25, 0.3) is 5.91 Å². The summed E-state index contributed by atoms with van der Waals surface area (Å²) in [5.74, 6) is 0.534. The smallest absolute Gasteiger partial charge is 0.266 e. The van der Waals surface area contributed by atoms with Crippen LogP contribution in [0.15, 0.2) is 48.0 Å². The number of hydrogen-bond acceptors (Lipinski definition) is 6. The molecule has 0 bridgehead atoms. The van der Waals surface area contributed by atoms with E-state index >= 15 is 0 Å². The van der Waals surface area contributed by atoms with Gasteiger partial charge < -0.3 is 24.3 Å². The highest BCUT2D eigenvalue weighted by Gasteiger charge is 2.17. The highest BCUT2D eigenvalue weighted by atomic mass is 35.5. The summed E-state index contributed by atoms with van der Waals surface area (Å²) in [6, 6.07) is 13.1. The second-order valence-electron chi connectivity index (χ2n) is 7.38. The first-order chi connectivity index (χ1) is 17.7. The molecule has 0 spiro atoms. The second-order valence-corrected chi connectivity index (χ2v) is 9.01. The van der Waals surface area contributed by atoms with E-state index in [2.05, 4.69) is 5.32 Å². The monoisotopic (exact) mass is 580 g/mol. The van der Waals surface area contributed by atoms with E-state index in [1.807, 2.05) is 6.07 Å². The zero-order valence-corrected chi connectivity index (χ0v) is 22.8. The number of carbonyl (C=O) groups is 1. The lowest BCUT2D eigenvalue weighted by Gasteiger charge is -2.14. The van der Waals surface area contributed by atoms with Crippen LogP contribution in [-0.4, -0.2) is 27.2 Å². The summed E-state index contributed by atoms with van der Waals surface area (Å²) in [5.41, 5.74) is 1.29. The van der Waals surface area contributed by atoms with Gasteiger partial charge in [0.05, 0.1) is 47.1 Å². The first kappa shape index (κ1) is 28.3. The van der Waals surface area contributed by atoms with Gasteiger partial charge in [-0.25, -0.2) is 0 Å². The zero-order valence-electron chi connectivity index (χ0n) is 19.8. The molecule has 192 valence electrons. The molecular weight excluding hydrogens is 562 g/mol. The maximum atomic E-state index is 12.9. The summed E-state index contributed by atoms with van der Waals surface area (Å²) in [6.07, 6.45) is 1.37. The van der Waals surface area contributed by atoms with Crippen LogP contribution in [0.3, 0.4) is 0 Å². The number of rotatable bonds is 9. The van der Waals surface area contributed by atoms with E-state index in [1.54, 1.807) is 30.3 Å². The summed E-state index contributed by atoms with van der Waals surface area (Å²) >= 11 is 24.6. The number of benzene rings is 3. The fourth-order valence-electron chi connectivity index (χ4n) is 3.21. The van der Waals surface area contributed by atoms with Gasteiger partial charge in [0.2, 0.25) is 0 Å². The molecule has 0 heterocycles. The van der Waals surface area contributed by atoms with Gasteiger partial charge in [-0.3, -0.25) is 4.79 Å². The Morgan fingerprint density at radius 3 is 2.19 bits per heavy atom. The lowest BCUT2D eigenvalue weighted by Crippen LogP contribution is -2.14. The van der Waals surface area contributed by atoms with E-state index in [-0.39, 0.29) is 28.6 Å². The van der Waals surface area contributed by atoms with Crippen LogP contribution in [0.25, 0.3) is 6.08 Å². The normalized spacial score (nSPS) is 10.9. The molecule has 0 aromatic heterocycles. The van der Waals surface area contributed by atoms with E-state index in [4.69, 9.17) is 65.4 Å². The van der Waals surface area contributed by atoms with Crippen molar-refractivity contribution in [2.24, 2.45) is 0 Å². The minimum absolute atomic E-state index is 0.153. The molecule has 3 rings (SSSR count). The quantitative estimate of drug-likeness (QED) is 0.208. The van der Waals surface area contributed by atoms with Crippen molar-refractivity contribution in [3.63, 3.8) is 0 Å². The number of ether oxygens (including phenoxy) is 4. The molecule has 0 aliphatic carbocycles. The van der Waals surface area contributed by atoms with E-state index < -0.39 is 5.91 Å². The Kier molecular flexibility index (Phi) is 9.79. The molecule has 0 saturated heterocycles. The maximum Gasteiger partial charge on any atom is 0.266 e. The van der Waals surface area contributed by atoms with Gasteiger partial charge in [-0.2, -0.15) is 5.26 Å². The Balaban J connectivity index is 1.86. The Hall–Kier alpha value is -3.28. The van der Waals surface area contributed by atoms with Crippen molar-refractivity contribution in [2.75, 3.05) is 26.6 Å². The van der Waals surface area contributed by atoms with Gasteiger partial charge in [-0.1, -0.05) is 52.5 Å². The molecule has 1 amide bonds. The number of nitriles is 1. The number of hydrogen-bond donors (Lipinski definition) is 1. The molecule has 0 fully saturated rings. The summed E-state index contributed by atoms with van der Waals surface area (Å²) in [6.45, 7) is 0.153. The minimum atomic E-state index is -0.680. The number of carbonyl (C=O) groups excluding carboxylic acids is 1. The Morgan fingerprint density at radius 2 is 1.57 bits per heavy atom. The van der Waals surface area contributed by atoms with Crippen molar-refractivity contribution in [3.8, 4) is 29.1 Å². The molecule has 0 atom stereocenters. The van der Waals surface area contributed by atoms with Crippen LogP contribution < -0.4 is 24.3 Å². The second kappa shape index (κ2) is 12.8. The molecule has 3 aromatic carbocycles. The topological polar surface area (TPSA) is 89.8 Å². The predicted molar refractivity (Wildman–Crippen MR) is 146 cm³/mol. The number of methoxy groups -OCH3 is 3. The van der Waals surface area contributed by atoms with Crippen molar-refractivity contribution >= 4 is 64.1 Å². The first-order valence-electron chi connectivity index (χ1n) is 10.5. The maximum absolute atomic E-state index is 12.9. The Bertz CT molecular complexity index is 1400. The predicted octanol–water partition coefficient (Wildman–Crippen LogP) is 7.45. The fraction of sp³-hybridized carbons (Fsp3) is 0.154. The summed E-state index contributed by atoms with van der Waals surface area (Å²) in [4.78, 5) is 12.9. The molecule has 0 aliphatic heterocycles. The SMILES string of the molecule is COc1cc(NC(=O)/C(C#N)=C/c2cc(Cl)c(OCc3ccc(Cl)c(Cl)c3)c(OC)c2)c(OC)cc1Cl. The standard InChI is InChI=1S/C26H20Cl4N2O5/c1-34-22-11-21(23(35-2)10-19(22)29)32-26(33)16(12-31)6-15-8-20(30)25(24(9-15)36-3)37-13-14-4-5-17(27)18(28)7-14/h4-11H,13H2,1-3H3,(H,32,33)/b16-6+. The Morgan fingerprint density at radius 1 is 0.865 bits per heavy atom. The number of amides is 1. The molecule has 0 unspecified atom stereocenters. The van der Waals surface area contributed by atoms with Crippen molar-refractivity contribution < 1.29 is 23.7 Å². The molecule has 0 aliphatic rings. The van der Waals surface area contributed by atoms with Crippen LogP contribution in [0, 0.1) is 11.3 Å². The summed E-state index contributed by atoms with van der Waals surface area (Å²) in [5, 5.41) is 13.6. The van der Waals surface area contributed by atoms with E-state index in [0.717, 1.165) is 5.56 Å². The first-order valence-corrected chi connectivity index (χ1v) is 12.0. The minimum Gasteiger partial charge on any atom is -0.495 e. The van der Waals surface area contributed by atoms with Crippen molar-refractivity contribution in [2.45, 2.75) is 6.61 Å². The van der Waals surface area contributed by atoms with Crippen molar-refractivity contribution in [1.82, 2.24) is 0 Å². The highest BCUT2D eigenvalue weighted by molar-refractivity contribution is 6.42. The molecule has 11 heteroatoms.